The van der Waals surface area contributed by atoms with Gasteiger partial charge in [0.15, 0.2) is 3.95 Å². The number of nitro benzene ring substituents is 1. The lowest BCUT2D eigenvalue weighted by Gasteiger charge is -2.04. The van der Waals surface area contributed by atoms with Gasteiger partial charge in [0.05, 0.1) is 21.2 Å². The van der Waals surface area contributed by atoms with E-state index in [1.165, 1.54) is 28.0 Å². The largest absolute Gasteiger partial charge is 0.493 e. The summed E-state index contributed by atoms with van der Waals surface area (Å²) in [6.45, 7) is 0. The minimum absolute atomic E-state index is 0.0109. The molecule has 2 aromatic carbocycles. The molecule has 0 radical (unpaired) electrons. The van der Waals surface area contributed by atoms with Crippen LogP contribution in [0.5, 0.6) is 5.88 Å². The van der Waals surface area contributed by atoms with Gasteiger partial charge in [-0.3, -0.25) is 19.7 Å². The molecule has 2 heterocycles. The lowest BCUT2D eigenvalue weighted by atomic mass is 10.1. The van der Waals surface area contributed by atoms with Gasteiger partial charge in [0.25, 0.3) is 5.69 Å². The molecule has 0 unspecified atom stereocenters. The Labute approximate surface area is 171 Å². The maximum atomic E-state index is 10.8. The van der Waals surface area contributed by atoms with E-state index in [-0.39, 0.29) is 11.6 Å². The molecule has 1 aliphatic rings. The SMILES string of the molecule is O=[N+]([O-])c1ccc(-n2c(O)c(/C=C3\C=Nc4ccc(Br)cc43)sc2=S)cc1. The van der Waals surface area contributed by atoms with E-state index in [4.69, 9.17) is 12.2 Å². The van der Waals surface area contributed by atoms with Crippen molar-refractivity contribution in [1.82, 2.24) is 4.57 Å². The van der Waals surface area contributed by atoms with Crippen LogP contribution in [0.2, 0.25) is 0 Å². The third-order valence-corrected chi connectivity index (χ3v) is 5.83. The third-order valence-electron chi connectivity index (χ3n) is 4.03. The Balaban J connectivity index is 1.77. The average molecular weight is 460 g/mol. The molecule has 27 heavy (non-hydrogen) atoms. The molecule has 1 aromatic heterocycles. The van der Waals surface area contributed by atoms with Crippen molar-refractivity contribution in [2.45, 2.75) is 0 Å². The zero-order valence-electron chi connectivity index (χ0n) is 13.5. The van der Waals surface area contributed by atoms with Crippen molar-refractivity contribution in [3.63, 3.8) is 0 Å². The molecule has 0 aliphatic carbocycles. The number of fused-ring (bicyclic) bond motifs is 1. The van der Waals surface area contributed by atoms with Crippen LogP contribution < -0.4 is 0 Å². The smallest absolute Gasteiger partial charge is 0.269 e. The number of aromatic hydroxyl groups is 1. The van der Waals surface area contributed by atoms with Crippen LogP contribution >= 0.6 is 39.5 Å². The van der Waals surface area contributed by atoms with Crippen LogP contribution in [0.25, 0.3) is 17.3 Å². The number of aromatic nitrogens is 1. The molecule has 134 valence electrons. The Morgan fingerprint density at radius 2 is 2.00 bits per heavy atom. The molecule has 1 aliphatic heterocycles. The first-order valence-electron chi connectivity index (χ1n) is 7.69. The number of rotatable bonds is 3. The number of benzene rings is 2. The van der Waals surface area contributed by atoms with Gasteiger partial charge in [-0.1, -0.05) is 15.9 Å². The number of aliphatic imine (C=N–C) groups is 1. The van der Waals surface area contributed by atoms with Crippen molar-refractivity contribution in [2.75, 3.05) is 0 Å². The topological polar surface area (TPSA) is 80.7 Å². The molecule has 0 atom stereocenters. The number of nitro groups is 1. The lowest BCUT2D eigenvalue weighted by molar-refractivity contribution is -0.384. The van der Waals surface area contributed by atoms with E-state index < -0.39 is 4.92 Å². The summed E-state index contributed by atoms with van der Waals surface area (Å²) in [6, 6.07) is 11.7. The van der Waals surface area contributed by atoms with Gasteiger partial charge >= 0.3 is 0 Å². The van der Waals surface area contributed by atoms with E-state index in [0.717, 1.165) is 21.3 Å². The van der Waals surface area contributed by atoms with Gasteiger partial charge in [0.1, 0.15) is 0 Å². The van der Waals surface area contributed by atoms with Gasteiger partial charge in [0, 0.05) is 34.0 Å². The molecule has 0 spiro atoms. The second-order valence-electron chi connectivity index (χ2n) is 5.68. The van der Waals surface area contributed by atoms with E-state index in [2.05, 4.69) is 20.9 Å². The predicted octanol–water partition coefficient (Wildman–Crippen LogP) is 5.90. The van der Waals surface area contributed by atoms with Crippen LogP contribution in [-0.2, 0) is 0 Å². The average Bonchev–Trinajstić information content (AvgIpc) is 3.16. The van der Waals surface area contributed by atoms with Crippen molar-refractivity contribution < 1.29 is 10.0 Å². The Bertz CT molecular complexity index is 1190. The van der Waals surface area contributed by atoms with Crippen LogP contribution in [0, 0.1) is 14.1 Å². The first kappa shape index (κ1) is 17.8. The quantitative estimate of drug-likeness (QED) is 0.300. The maximum Gasteiger partial charge on any atom is 0.269 e. The summed E-state index contributed by atoms with van der Waals surface area (Å²) in [5, 5.41) is 21.5. The summed E-state index contributed by atoms with van der Waals surface area (Å²) in [4.78, 5) is 15.3. The van der Waals surface area contributed by atoms with Crippen molar-refractivity contribution in [3.8, 4) is 11.6 Å². The Morgan fingerprint density at radius 3 is 2.70 bits per heavy atom. The highest BCUT2D eigenvalue weighted by Gasteiger charge is 2.17. The molecule has 0 saturated heterocycles. The van der Waals surface area contributed by atoms with E-state index in [1.54, 1.807) is 18.3 Å². The van der Waals surface area contributed by atoms with Gasteiger partial charge in [-0.2, -0.15) is 0 Å². The number of hydrogen-bond donors (Lipinski definition) is 1. The lowest BCUT2D eigenvalue weighted by Crippen LogP contribution is -1.94. The molecule has 9 heteroatoms. The first-order valence-corrected chi connectivity index (χ1v) is 9.71. The molecule has 0 saturated carbocycles. The number of non-ortho nitro benzene ring substituents is 1. The van der Waals surface area contributed by atoms with Crippen molar-refractivity contribution in [1.29, 1.82) is 0 Å². The summed E-state index contributed by atoms with van der Waals surface area (Å²) in [5.74, 6) is -0.0109. The van der Waals surface area contributed by atoms with Crippen molar-refractivity contribution in [3.05, 3.63) is 71.4 Å². The van der Waals surface area contributed by atoms with Crippen LogP contribution in [0.3, 0.4) is 0 Å². The van der Waals surface area contributed by atoms with Gasteiger partial charge in [-0.05, 0) is 48.6 Å². The highest BCUT2D eigenvalue weighted by Crippen LogP contribution is 2.38. The number of thiazole rings is 1. The first-order chi connectivity index (χ1) is 12.9. The molecular formula is C18H10BrN3O3S2. The second-order valence-corrected chi connectivity index (χ2v) is 8.28. The molecule has 1 N–H and O–H groups in total. The summed E-state index contributed by atoms with van der Waals surface area (Å²) in [5.41, 5.74) is 3.24. The van der Waals surface area contributed by atoms with E-state index in [1.807, 2.05) is 24.3 Å². The number of allylic oxidation sites excluding steroid dienone is 1. The van der Waals surface area contributed by atoms with Gasteiger partial charge in [-0.25, -0.2) is 0 Å². The van der Waals surface area contributed by atoms with Gasteiger partial charge in [0.2, 0.25) is 5.88 Å². The van der Waals surface area contributed by atoms with Crippen LogP contribution in [-0.4, -0.2) is 20.8 Å². The molecule has 0 bridgehead atoms. The van der Waals surface area contributed by atoms with E-state index in [0.29, 0.717) is 14.5 Å². The van der Waals surface area contributed by atoms with Crippen LogP contribution in [0.1, 0.15) is 10.4 Å². The van der Waals surface area contributed by atoms with Gasteiger partial charge < -0.3 is 5.11 Å². The maximum absolute atomic E-state index is 10.8. The molecule has 0 amide bonds. The van der Waals surface area contributed by atoms with Gasteiger partial charge in [-0.15, -0.1) is 11.3 Å². The molecule has 3 aromatic rings. The summed E-state index contributed by atoms with van der Waals surface area (Å²) in [6.07, 6.45) is 3.58. The highest BCUT2D eigenvalue weighted by atomic mass is 79.9. The summed E-state index contributed by atoms with van der Waals surface area (Å²) in [7, 11) is 0. The Morgan fingerprint density at radius 1 is 1.26 bits per heavy atom. The summed E-state index contributed by atoms with van der Waals surface area (Å²) < 4.78 is 2.87. The highest BCUT2D eigenvalue weighted by molar-refractivity contribution is 9.10. The second kappa shape index (κ2) is 6.84. The van der Waals surface area contributed by atoms with Crippen LogP contribution in [0.15, 0.2) is 51.9 Å². The fourth-order valence-electron chi connectivity index (χ4n) is 2.74. The molecule has 4 rings (SSSR count). The number of hydrogen-bond acceptors (Lipinski definition) is 6. The van der Waals surface area contributed by atoms with E-state index in [9.17, 15) is 15.2 Å². The fraction of sp³-hybridized carbons (Fsp3) is 0. The Hall–Kier alpha value is -2.62. The normalized spacial score (nSPS) is 13.9. The van der Waals surface area contributed by atoms with E-state index >= 15 is 0 Å². The predicted molar refractivity (Wildman–Crippen MR) is 113 cm³/mol. The zero-order chi connectivity index (χ0) is 19.1. The minimum Gasteiger partial charge on any atom is -0.493 e. The standard InChI is InChI=1S/C18H10BrN3O3S2/c19-11-1-6-15-14(8-11)10(9-20-15)7-16-17(23)21(18(26)27-16)12-2-4-13(5-3-12)22(24)25/h1-9,23H/b10-7+. The number of halogens is 1. The monoisotopic (exact) mass is 459 g/mol. The van der Waals surface area contributed by atoms with Crippen molar-refractivity contribution >= 4 is 68.7 Å². The molecule has 0 fully saturated rings. The fourth-order valence-corrected chi connectivity index (χ4v) is 4.41. The van der Waals surface area contributed by atoms with Crippen LogP contribution in [0.4, 0.5) is 11.4 Å². The van der Waals surface area contributed by atoms with Crippen molar-refractivity contribution in [2.24, 2.45) is 4.99 Å². The minimum atomic E-state index is -0.471. The zero-order valence-corrected chi connectivity index (χ0v) is 16.7. The molecule has 6 nitrogen and oxygen atoms in total. The number of nitrogens with zero attached hydrogens (tertiary/aromatic N) is 3. The Kier molecular flexibility index (Phi) is 4.50. The third kappa shape index (κ3) is 3.25. The summed E-state index contributed by atoms with van der Waals surface area (Å²) >= 11 is 10.1. The molecular weight excluding hydrogens is 450 g/mol.